The van der Waals surface area contributed by atoms with Crippen LogP contribution in [0.5, 0.6) is 11.5 Å². The van der Waals surface area contributed by atoms with E-state index in [0.717, 1.165) is 11.1 Å². The van der Waals surface area contributed by atoms with E-state index in [-0.39, 0.29) is 11.6 Å². The van der Waals surface area contributed by atoms with E-state index in [2.05, 4.69) is 10.1 Å². The normalized spacial score (nSPS) is 11.0. The Morgan fingerprint density at radius 2 is 1.84 bits per heavy atom. The van der Waals surface area contributed by atoms with Crippen molar-refractivity contribution in [1.29, 1.82) is 0 Å². The molecule has 0 aliphatic rings. The highest BCUT2D eigenvalue weighted by Gasteiger charge is 2.14. The summed E-state index contributed by atoms with van der Waals surface area (Å²) < 4.78 is 19.9. The Morgan fingerprint density at radius 1 is 1.04 bits per heavy atom. The summed E-state index contributed by atoms with van der Waals surface area (Å²) in [6.45, 7) is 0. The van der Waals surface area contributed by atoms with E-state index >= 15 is 0 Å². The molecule has 0 atom stereocenters. The van der Waals surface area contributed by atoms with Gasteiger partial charge < -0.3 is 9.84 Å². The summed E-state index contributed by atoms with van der Waals surface area (Å²) >= 11 is 0. The van der Waals surface area contributed by atoms with Crippen molar-refractivity contribution < 1.29 is 14.2 Å². The quantitative estimate of drug-likeness (QED) is 0.616. The van der Waals surface area contributed by atoms with Crippen LogP contribution in [-0.4, -0.2) is 26.8 Å². The van der Waals surface area contributed by atoms with Crippen molar-refractivity contribution in [2.45, 2.75) is 0 Å². The van der Waals surface area contributed by atoms with E-state index in [9.17, 15) is 9.50 Å². The second kappa shape index (κ2) is 5.90. The van der Waals surface area contributed by atoms with Crippen LogP contribution in [0.2, 0.25) is 0 Å². The lowest BCUT2D eigenvalue weighted by Gasteiger charge is -2.09. The maximum absolute atomic E-state index is 13.2. The molecule has 2 aromatic heterocycles. The Balaban J connectivity index is 1.89. The highest BCUT2D eigenvalue weighted by molar-refractivity contribution is 5.79. The summed E-state index contributed by atoms with van der Waals surface area (Å²) in [5, 5.41) is 14.7. The first-order chi connectivity index (χ1) is 12.2. The van der Waals surface area contributed by atoms with Crippen LogP contribution in [0.1, 0.15) is 0 Å². The minimum absolute atomic E-state index is 0.0886. The molecule has 4 rings (SSSR count). The number of benzene rings is 2. The Bertz CT molecular complexity index is 1060. The molecule has 124 valence electrons. The molecule has 0 radical (unpaired) electrons. The van der Waals surface area contributed by atoms with E-state index in [1.165, 1.54) is 12.1 Å². The fourth-order valence-electron chi connectivity index (χ4n) is 2.78. The summed E-state index contributed by atoms with van der Waals surface area (Å²) in [4.78, 5) is 4.39. The third-order valence-electron chi connectivity index (χ3n) is 4.04. The smallest absolute Gasteiger partial charge is 0.163 e. The van der Waals surface area contributed by atoms with Gasteiger partial charge in [-0.3, -0.25) is 0 Å². The Morgan fingerprint density at radius 3 is 2.56 bits per heavy atom. The fourth-order valence-corrected chi connectivity index (χ4v) is 2.78. The number of aromatic hydroxyl groups is 1. The first-order valence-electron chi connectivity index (χ1n) is 7.63. The Kier molecular flexibility index (Phi) is 3.57. The number of hydrogen-bond donors (Lipinski definition) is 1. The van der Waals surface area contributed by atoms with Crippen molar-refractivity contribution >= 4 is 5.65 Å². The lowest BCUT2D eigenvalue weighted by Crippen LogP contribution is -1.96. The van der Waals surface area contributed by atoms with Gasteiger partial charge in [0.25, 0.3) is 0 Å². The standard InChI is InChI=1S/C19H14FN3O2/c1-25-14-6-7-15(18(24)10-14)17-8-9-21-19-16(11-22-23(17)19)12-2-4-13(20)5-3-12/h2-11,24H,1H3. The Hall–Kier alpha value is -3.41. The van der Waals surface area contributed by atoms with Crippen molar-refractivity contribution in [3.63, 3.8) is 0 Å². The lowest BCUT2D eigenvalue weighted by atomic mass is 10.1. The number of hydrogen-bond acceptors (Lipinski definition) is 4. The molecule has 25 heavy (non-hydrogen) atoms. The van der Waals surface area contributed by atoms with Crippen molar-refractivity contribution in [2.75, 3.05) is 7.11 Å². The molecule has 0 aliphatic carbocycles. The molecule has 0 aliphatic heterocycles. The predicted molar refractivity (Wildman–Crippen MR) is 92.0 cm³/mol. The summed E-state index contributed by atoms with van der Waals surface area (Å²) in [7, 11) is 1.54. The van der Waals surface area contributed by atoms with Gasteiger partial charge in [0.2, 0.25) is 0 Å². The number of rotatable bonds is 3. The van der Waals surface area contributed by atoms with Crippen LogP contribution in [0.4, 0.5) is 4.39 Å². The maximum atomic E-state index is 13.2. The van der Waals surface area contributed by atoms with Gasteiger partial charge in [0.15, 0.2) is 5.65 Å². The number of phenolic OH excluding ortho intramolecular Hbond substituents is 1. The van der Waals surface area contributed by atoms with Gasteiger partial charge in [-0.15, -0.1) is 0 Å². The molecule has 0 spiro atoms. The monoisotopic (exact) mass is 335 g/mol. The zero-order chi connectivity index (χ0) is 17.4. The average molecular weight is 335 g/mol. The molecule has 0 fully saturated rings. The van der Waals surface area contributed by atoms with Gasteiger partial charge in [-0.25, -0.2) is 13.9 Å². The Labute approximate surface area is 143 Å². The van der Waals surface area contributed by atoms with Crippen LogP contribution >= 0.6 is 0 Å². The number of halogens is 1. The van der Waals surface area contributed by atoms with Gasteiger partial charge in [0.05, 0.1) is 19.0 Å². The highest BCUT2D eigenvalue weighted by Crippen LogP contribution is 2.33. The molecule has 1 N–H and O–H groups in total. The molecule has 0 unspecified atom stereocenters. The van der Waals surface area contributed by atoms with Crippen molar-refractivity contribution in [2.24, 2.45) is 0 Å². The summed E-state index contributed by atoms with van der Waals surface area (Å²) in [6, 6.07) is 13.0. The maximum Gasteiger partial charge on any atom is 0.163 e. The number of nitrogens with zero attached hydrogens (tertiary/aromatic N) is 3. The van der Waals surface area contributed by atoms with Crippen LogP contribution in [0, 0.1) is 5.82 Å². The topological polar surface area (TPSA) is 59.7 Å². The fraction of sp³-hybridized carbons (Fsp3) is 0.0526. The minimum atomic E-state index is -0.294. The third kappa shape index (κ3) is 2.57. The molecule has 0 saturated carbocycles. The summed E-state index contributed by atoms with van der Waals surface area (Å²) in [5.74, 6) is 0.363. The van der Waals surface area contributed by atoms with Crippen LogP contribution in [0.25, 0.3) is 28.0 Å². The molecule has 0 bridgehead atoms. The highest BCUT2D eigenvalue weighted by atomic mass is 19.1. The van der Waals surface area contributed by atoms with Crippen molar-refractivity contribution in [1.82, 2.24) is 14.6 Å². The first kappa shape index (κ1) is 15.1. The van der Waals surface area contributed by atoms with E-state index in [0.29, 0.717) is 22.7 Å². The number of phenols is 1. The number of fused-ring (bicyclic) bond motifs is 1. The summed E-state index contributed by atoms with van der Waals surface area (Å²) in [6.07, 6.45) is 3.34. The first-order valence-corrected chi connectivity index (χ1v) is 7.63. The molecule has 2 heterocycles. The molecule has 5 nitrogen and oxygen atoms in total. The molecule has 0 saturated heterocycles. The largest absolute Gasteiger partial charge is 0.507 e. The second-order valence-corrected chi connectivity index (χ2v) is 5.51. The lowest BCUT2D eigenvalue weighted by molar-refractivity contribution is 0.408. The molecular weight excluding hydrogens is 321 g/mol. The molecule has 2 aromatic carbocycles. The molecule has 4 aromatic rings. The number of methoxy groups -OCH3 is 1. The van der Waals surface area contributed by atoms with Crippen LogP contribution in [0.3, 0.4) is 0 Å². The van der Waals surface area contributed by atoms with E-state index in [1.54, 1.807) is 60.4 Å². The summed E-state index contributed by atoms with van der Waals surface area (Å²) in [5.41, 5.74) is 3.54. The zero-order valence-electron chi connectivity index (χ0n) is 13.3. The van der Waals surface area contributed by atoms with Crippen molar-refractivity contribution in [3.05, 3.63) is 66.7 Å². The predicted octanol–water partition coefficient (Wildman–Crippen LogP) is 3.92. The van der Waals surface area contributed by atoms with E-state index < -0.39 is 0 Å². The second-order valence-electron chi connectivity index (χ2n) is 5.51. The molecule has 0 amide bonds. The van der Waals surface area contributed by atoms with Gasteiger partial charge >= 0.3 is 0 Å². The van der Waals surface area contributed by atoms with Crippen LogP contribution in [-0.2, 0) is 0 Å². The molecule has 6 heteroatoms. The average Bonchev–Trinajstić information content (AvgIpc) is 3.06. The van der Waals surface area contributed by atoms with Crippen molar-refractivity contribution in [3.8, 4) is 33.9 Å². The number of ether oxygens (including phenoxy) is 1. The van der Waals surface area contributed by atoms with Gasteiger partial charge in [-0.2, -0.15) is 5.10 Å². The van der Waals surface area contributed by atoms with Gasteiger partial charge in [-0.1, -0.05) is 12.1 Å². The number of aromatic nitrogens is 3. The van der Waals surface area contributed by atoms with Crippen LogP contribution < -0.4 is 4.74 Å². The van der Waals surface area contributed by atoms with E-state index in [1.807, 2.05) is 0 Å². The SMILES string of the molecule is COc1ccc(-c2ccnc3c(-c4ccc(F)cc4)cnn23)c(O)c1. The van der Waals surface area contributed by atoms with E-state index in [4.69, 9.17) is 4.74 Å². The van der Waals surface area contributed by atoms with Gasteiger partial charge in [0, 0.05) is 23.4 Å². The van der Waals surface area contributed by atoms with Crippen LogP contribution in [0.15, 0.2) is 60.9 Å². The third-order valence-corrected chi connectivity index (χ3v) is 4.04. The van der Waals surface area contributed by atoms with Gasteiger partial charge in [0.1, 0.15) is 17.3 Å². The zero-order valence-corrected chi connectivity index (χ0v) is 13.3. The minimum Gasteiger partial charge on any atom is -0.507 e. The molecular formula is C19H14FN3O2. The van der Waals surface area contributed by atoms with Gasteiger partial charge in [-0.05, 0) is 35.9 Å².